The van der Waals surface area contributed by atoms with Gasteiger partial charge >= 0.3 is 5.97 Å². The quantitative estimate of drug-likeness (QED) is 0.685. The van der Waals surface area contributed by atoms with Gasteiger partial charge in [0.25, 0.3) is 5.91 Å². The first-order valence-corrected chi connectivity index (χ1v) is 9.15. The number of hydrogen-bond donors (Lipinski definition) is 1. The molecule has 1 atom stereocenters. The molecule has 0 aromatic heterocycles. The maximum atomic E-state index is 12.0. The van der Waals surface area contributed by atoms with Crippen LogP contribution in [0, 0.1) is 5.92 Å². The van der Waals surface area contributed by atoms with Gasteiger partial charge in [0.2, 0.25) is 0 Å². The number of carbonyl (C=O) groups excluding carboxylic acids is 2. The molecular weight excluding hydrogens is 342 g/mol. The summed E-state index contributed by atoms with van der Waals surface area (Å²) in [6.45, 7) is 5.71. The minimum atomic E-state index is -0.584. The molecule has 0 aliphatic carbocycles. The molecule has 0 heterocycles. The van der Waals surface area contributed by atoms with Gasteiger partial charge in [0.05, 0.1) is 6.04 Å². The molecule has 0 aliphatic heterocycles. The average molecular weight is 369 g/mol. The van der Waals surface area contributed by atoms with Gasteiger partial charge in [-0.2, -0.15) is 0 Å². The Bertz CT molecular complexity index is 726. The normalized spacial score (nSPS) is 11.7. The maximum absolute atomic E-state index is 12.0. The summed E-state index contributed by atoms with van der Waals surface area (Å²) >= 11 is 0. The molecular formula is C22H27NO4. The van der Waals surface area contributed by atoms with Crippen LogP contribution in [0.2, 0.25) is 0 Å². The highest BCUT2D eigenvalue weighted by molar-refractivity contribution is 5.81. The predicted molar refractivity (Wildman–Crippen MR) is 104 cm³/mol. The topological polar surface area (TPSA) is 64.6 Å². The van der Waals surface area contributed by atoms with Gasteiger partial charge in [0, 0.05) is 0 Å². The van der Waals surface area contributed by atoms with E-state index < -0.39 is 5.97 Å². The minimum absolute atomic E-state index is 0.162. The predicted octanol–water partition coefficient (Wildman–Crippen LogP) is 3.68. The highest BCUT2D eigenvalue weighted by Crippen LogP contribution is 2.15. The van der Waals surface area contributed by atoms with E-state index in [1.165, 1.54) is 5.56 Å². The Balaban J connectivity index is 1.72. The number of amides is 1. The van der Waals surface area contributed by atoms with Gasteiger partial charge in [-0.25, -0.2) is 4.79 Å². The molecule has 2 rings (SSSR count). The highest BCUT2D eigenvalue weighted by atomic mass is 16.6. The Hall–Kier alpha value is -2.82. The second-order valence-corrected chi connectivity index (χ2v) is 6.89. The number of para-hydroxylation sites is 1. The van der Waals surface area contributed by atoms with E-state index in [2.05, 4.69) is 31.3 Å². The molecule has 0 fully saturated rings. The van der Waals surface area contributed by atoms with Crippen molar-refractivity contribution in [1.29, 1.82) is 0 Å². The number of hydrogen-bond acceptors (Lipinski definition) is 4. The third kappa shape index (κ3) is 7.52. The van der Waals surface area contributed by atoms with Crippen LogP contribution in [-0.4, -0.2) is 25.1 Å². The molecule has 2 aromatic carbocycles. The van der Waals surface area contributed by atoms with E-state index >= 15 is 0 Å². The summed E-state index contributed by atoms with van der Waals surface area (Å²) in [5.41, 5.74) is 2.29. The van der Waals surface area contributed by atoms with Crippen LogP contribution in [-0.2, 0) is 20.7 Å². The zero-order valence-corrected chi connectivity index (χ0v) is 16.1. The van der Waals surface area contributed by atoms with E-state index in [0.29, 0.717) is 11.7 Å². The lowest BCUT2D eigenvalue weighted by Crippen LogP contribution is -2.31. The van der Waals surface area contributed by atoms with Crippen LogP contribution in [0.3, 0.4) is 0 Å². The van der Waals surface area contributed by atoms with Crippen LogP contribution >= 0.6 is 0 Å². The van der Waals surface area contributed by atoms with Gasteiger partial charge in [-0.05, 0) is 42.5 Å². The molecule has 0 spiro atoms. The van der Waals surface area contributed by atoms with Crippen molar-refractivity contribution in [3.63, 3.8) is 0 Å². The standard InChI is InChI=1S/C22H27NO4/c1-16(2)13-18-9-11-19(12-10-18)17(3)23-21(24)14-27-22(25)15-26-20-7-5-4-6-8-20/h4-12,16-17H,13-15H2,1-3H3,(H,23,24)/t17-/m0/s1. The summed E-state index contributed by atoms with van der Waals surface area (Å²) in [6, 6.07) is 17.0. The second-order valence-electron chi connectivity index (χ2n) is 6.89. The fourth-order valence-electron chi connectivity index (χ4n) is 2.63. The van der Waals surface area contributed by atoms with E-state index in [1.807, 2.05) is 37.3 Å². The summed E-state index contributed by atoms with van der Waals surface area (Å²) in [7, 11) is 0. The maximum Gasteiger partial charge on any atom is 0.344 e. The van der Waals surface area contributed by atoms with Crippen LogP contribution < -0.4 is 10.1 Å². The van der Waals surface area contributed by atoms with Crippen molar-refractivity contribution in [3.05, 3.63) is 65.7 Å². The minimum Gasteiger partial charge on any atom is -0.482 e. The Morgan fingerprint density at radius 2 is 1.59 bits per heavy atom. The highest BCUT2D eigenvalue weighted by Gasteiger charge is 2.12. The van der Waals surface area contributed by atoms with E-state index in [0.717, 1.165) is 12.0 Å². The smallest absolute Gasteiger partial charge is 0.344 e. The summed E-state index contributed by atoms with van der Waals surface area (Å²) in [5, 5.41) is 2.83. The molecule has 5 heteroatoms. The molecule has 0 unspecified atom stereocenters. The van der Waals surface area contributed by atoms with Crippen molar-refractivity contribution in [3.8, 4) is 5.75 Å². The third-order valence-electron chi connectivity index (χ3n) is 3.97. The van der Waals surface area contributed by atoms with Crippen molar-refractivity contribution in [2.45, 2.75) is 33.2 Å². The molecule has 1 amide bonds. The van der Waals surface area contributed by atoms with Crippen molar-refractivity contribution in [2.75, 3.05) is 13.2 Å². The van der Waals surface area contributed by atoms with Gasteiger partial charge in [0.1, 0.15) is 5.75 Å². The van der Waals surface area contributed by atoms with Gasteiger partial charge in [-0.15, -0.1) is 0 Å². The molecule has 0 aliphatic rings. The van der Waals surface area contributed by atoms with Crippen molar-refractivity contribution in [2.24, 2.45) is 5.92 Å². The summed E-state index contributed by atoms with van der Waals surface area (Å²) in [6.07, 6.45) is 1.03. The van der Waals surface area contributed by atoms with E-state index in [4.69, 9.17) is 9.47 Å². The van der Waals surface area contributed by atoms with Gasteiger partial charge in [-0.3, -0.25) is 4.79 Å². The monoisotopic (exact) mass is 369 g/mol. The summed E-state index contributed by atoms with van der Waals surface area (Å²) in [4.78, 5) is 23.7. The molecule has 5 nitrogen and oxygen atoms in total. The van der Waals surface area contributed by atoms with Gasteiger partial charge < -0.3 is 14.8 Å². The molecule has 0 saturated heterocycles. The molecule has 0 saturated carbocycles. The zero-order chi connectivity index (χ0) is 19.6. The van der Waals surface area contributed by atoms with Crippen LogP contribution in [0.1, 0.15) is 37.9 Å². The number of ether oxygens (including phenoxy) is 2. The van der Waals surface area contributed by atoms with Crippen molar-refractivity contribution in [1.82, 2.24) is 5.32 Å². The number of rotatable bonds is 9. The van der Waals surface area contributed by atoms with Crippen molar-refractivity contribution >= 4 is 11.9 Å². The SMILES string of the molecule is CC(C)Cc1ccc([C@H](C)NC(=O)COC(=O)COc2ccccc2)cc1. The lowest BCUT2D eigenvalue weighted by atomic mass is 10.00. The zero-order valence-electron chi connectivity index (χ0n) is 16.1. The summed E-state index contributed by atoms with van der Waals surface area (Å²) < 4.78 is 10.2. The van der Waals surface area contributed by atoms with Crippen LogP contribution in [0.5, 0.6) is 5.75 Å². The molecule has 2 aromatic rings. The van der Waals surface area contributed by atoms with E-state index in [9.17, 15) is 9.59 Å². The van der Waals surface area contributed by atoms with Crippen LogP contribution in [0.25, 0.3) is 0 Å². The van der Waals surface area contributed by atoms with Crippen LogP contribution in [0.15, 0.2) is 54.6 Å². The van der Waals surface area contributed by atoms with Gasteiger partial charge in [-0.1, -0.05) is 56.3 Å². The second kappa shape index (κ2) is 10.4. The first-order chi connectivity index (χ1) is 12.9. The Kier molecular flexibility index (Phi) is 7.86. The van der Waals surface area contributed by atoms with Crippen LogP contribution in [0.4, 0.5) is 0 Å². The molecule has 1 N–H and O–H groups in total. The Morgan fingerprint density at radius 3 is 2.22 bits per heavy atom. The largest absolute Gasteiger partial charge is 0.482 e. The number of esters is 1. The van der Waals surface area contributed by atoms with Gasteiger partial charge in [0.15, 0.2) is 13.2 Å². The van der Waals surface area contributed by atoms with E-state index in [1.54, 1.807) is 12.1 Å². The first-order valence-electron chi connectivity index (χ1n) is 9.15. The number of nitrogens with one attached hydrogen (secondary N) is 1. The first kappa shape index (κ1) is 20.5. The summed E-state index contributed by atoms with van der Waals surface area (Å²) in [5.74, 6) is 0.253. The Labute approximate surface area is 160 Å². The average Bonchev–Trinajstić information content (AvgIpc) is 2.65. The molecule has 144 valence electrons. The molecule has 27 heavy (non-hydrogen) atoms. The molecule has 0 bridgehead atoms. The number of benzene rings is 2. The lowest BCUT2D eigenvalue weighted by Gasteiger charge is -2.15. The number of carbonyl (C=O) groups is 2. The fraction of sp³-hybridized carbons (Fsp3) is 0.364. The molecule has 0 radical (unpaired) electrons. The third-order valence-corrected chi connectivity index (χ3v) is 3.97. The van der Waals surface area contributed by atoms with Crippen molar-refractivity contribution < 1.29 is 19.1 Å². The lowest BCUT2D eigenvalue weighted by molar-refractivity contribution is -0.150. The fourth-order valence-corrected chi connectivity index (χ4v) is 2.63. The Morgan fingerprint density at radius 1 is 0.926 bits per heavy atom. The van der Waals surface area contributed by atoms with E-state index in [-0.39, 0.29) is 25.2 Å².